The number of thiazole rings is 1. The number of hydrogen-bond donors (Lipinski definition) is 2. The normalized spacial score (nSPS) is 16.7. The van der Waals surface area contributed by atoms with E-state index in [1.54, 1.807) is 18.4 Å². The van der Waals surface area contributed by atoms with Crippen molar-refractivity contribution < 1.29 is 9.53 Å². The van der Waals surface area contributed by atoms with Crippen LogP contribution in [0.4, 0.5) is 0 Å². The van der Waals surface area contributed by atoms with Crippen LogP contribution in [0.25, 0.3) is 0 Å². The predicted molar refractivity (Wildman–Crippen MR) is 85.0 cm³/mol. The molecule has 1 aromatic heterocycles. The van der Waals surface area contributed by atoms with E-state index < -0.39 is 5.60 Å². The van der Waals surface area contributed by atoms with Crippen molar-refractivity contribution in [2.75, 3.05) is 20.2 Å². The number of amides is 1. The molecule has 0 atom stereocenters. The van der Waals surface area contributed by atoms with Gasteiger partial charge in [0.15, 0.2) is 0 Å². The molecule has 1 aromatic rings. The van der Waals surface area contributed by atoms with Crippen molar-refractivity contribution in [3.8, 4) is 0 Å². The van der Waals surface area contributed by atoms with Gasteiger partial charge in [0, 0.05) is 18.2 Å². The number of nitrogens with zero attached hydrogens (tertiary/aromatic N) is 1. The van der Waals surface area contributed by atoms with E-state index in [9.17, 15) is 4.79 Å². The lowest BCUT2D eigenvalue weighted by Crippen LogP contribution is -2.53. The Morgan fingerprint density at radius 1 is 1.50 bits per heavy atom. The van der Waals surface area contributed by atoms with Crippen molar-refractivity contribution in [3.05, 3.63) is 16.1 Å². The summed E-state index contributed by atoms with van der Waals surface area (Å²) in [5.74, 6) is -0.0284. The van der Waals surface area contributed by atoms with E-state index in [4.69, 9.17) is 4.74 Å². The number of carbonyl (C=O) groups excluding carboxylic acids is 1. The summed E-state index contributed by atoms with van der Waals surface area (Å²) in [6, 6.07) is 0. The molecule has 0 spiro atoms. The fourth-order valence-corrected chi connectivity index (χ4v) is 2.87. The molecule has 5 nitrogen and oxygen atoms in total. The second kappa shape index (κ2) is 8.79. The molecule has 0 aliphatic carbocycles. The van der Waals surface area contributed by atoms with E-state index in [1.165, 1.54) is 0 Å². The Hall–Kier alpha value is -0.400. The van der Waals surface area contributed by atoms with E-state index in [-0.39, 0.29) is 30.7 Å². The van der Waals surface area contributed by atoms with Crippen LogP contribution in [0, 0.1) is 6.92 Å². The third kappa shape index (κ3) is 4.56. The molecule has 2 heterocycles. The lowest BCUT2D eigenvalue weighted by molar-refractivity contribution is -0.146. The minimum Gasteiger partial charge on any atom is -0.368 e. The molecule has 8 heteroatoms. The van der Waals surface area contributed by atoms with E-state index in [2.05, 4.69) is 15.6 Å². The Morgan fingerprint density at radius 3 is 2.65 bits per heavy atom. The molecule has 0 aromatic carbocycles. The molecule has 0 radical (unpaired) electrons. The summed E-state index contributed by atoms with van der Waals surface area (Å²) < 4.78 is 5.47. The van der Waals surface area contributed by atoms with E-state index in [0.717, 1.165) is 23.8 Å². The van der Waals surface area contributed by atoms with Crippen molar-refractivity contribution in [2.45, 2.75) is 31.9 Å². The van der Waals surface area contributed by atoms with Crippen molar-refractivity contribution in [3.63, 3.8) is 0 Å². The van der Waals surface area contributed by atoms with E-state index >= 15 is 0 Å². The molecule has 1 saturated heterocycles. The van der Waals surface area contributed by atoms with Gasteiger partial charge in [0.2, 0.25) is 0 Å². The zero-order chi connectivity index (χ0) is 13.0. The maximum Gasteiger partial charge on any atom is 0.252 e. The lowest BCUT2D eigenvalue weighted by Gasteiger charge is -2.34. The summed E-state index contributed by atoms with van der Waals surface area (Å²) in [5.41, 5.74) is 0.324. The zero-order valence-corrected chi connectivity index (χ0v) is 14.1. The molecule has 0 unspecified atom stereocenters. The van der Waals surface area contributed by atoms with E-state index in [0.29, 0.717) is 19.4 Å². The van der Waals surface area contributed by atoms with Gasteiger partial charge in [-0.05, 0) is 32.9 Å². The molecule has 116 valence electrons. The third-order valence-electron chi connectivity index (χ3n) is 3.28. The first kappa shape index (κ1) is 19.6. The van der Waals surface area contributed by atoms with Crippen LogP contribution in [0.2, 0.25) is 0 Å². The van der Waals surface area contributed by atoms with Crippen LogP contribution in [-0.4, -0.2) is 36.7 Å². The first-order chi connectivity index (χ1) is 8.66. The number of piperidine rings is 1. The Kier molecular flexibility index (Phi) is 8.62. The van der Waals surface area contributed by atoms with Gasteiger partial charge in [0.25, 0.3) is 5.91 Å². The number of aryl methyl sites for hydroxylation is 1. The highest BCUT2D eigenvalue weighted by atomic mass is 35.5. The minimum atomic E-state index is -0.669. The number of nitrogens with one attached hydrogen (secondary N) is 2. The van der Waals surface area contributed by atoms with Gasteiger partial charge in [0.05, 0.1) is 6.54 Å². The molecule has 2 N–H and O–H groups in total. The second-order valence-electron chi connectivity index (χ2n) is 4.51. The Labute approximate surface area is 135 Å². The number of halogens is 2. The first-order valence-corrected chi connectivity index (χ1v) is 6.99. The van der Waals surface area contributed by atoms with Crippen LogP contribution in [0.3, 0.4) is 0 Å². The standard InChI is InChI=1S/C12H19N3O2S.2ClH/c1-9-8-18-10(15-9)7-14-11(16)12(17-2)3-5-13-6-4-12;;/h8,13H,3-7H2,1-2H3,(H,14,16);2*1H. The number of ether oxygens (including phenoxy) is 1. The SMILES string of the molecule is COC1(C(=O)NCc2nc(C)cs2)CCNCC1.Cl.Cl. The van der Waals surface area contributed by atoms with Crippen molar-refractivity contribution in [1.82, 2.24) is 15.6 Å². The Bertz CT molecular complexity index is 423. The smallest absolute Gasteiger partial charge is 0.252 e. The molecule has 1 amide bonds. The molecule has 1 fully saturated rings. The van der Waals surface area contributed by atoms with Gasteiger partial charge in [-0.2, -0.15) is 0 Å². The maximum atomic E-state index is 12.2. The fourth-order valence-electron chi connectivity index (χ4n) is 2.16. The topological polar surface area (TPSA) is 63.2 Å². The summed E-state index contributed by atoms with van der Waals surface area (Å²) in [6.07, 6.45) is 1.43. The minimum absolute atomic E-state index is 0. The van der Waals surface area contributed by atoms with E-state index in [1.807, 2.05) is 12.3 Å². The summed E-state index contributed by atoms with van der Waals surface area (Å²) in [5, 5.41) is 9.08. The van der Waals surface area contributed by atoms with Crippen molar-refractivity contribution >= 4 is 42.1 Å². The average molecular weight is 342 g/mol. The van der Waals surface area contributed by atoms with Crippen LogP contribution in [0.1, 0.15) is 23.5 Å². The van der Waals surface area contributed by atoms with Crippen LogP contribution in [0.15, 0.2) is 5.38 Å². The number of rotatable bonds is 4. The molecule has 1 aliphatic rings. The highest BCUT2D eigenvalue weighted by Gasteiger charge is 2.39. The largest absolute Gasteiger partial charge is 0.368 e. The molecular weight excluding hydrogens is 321 g/mol. The van der Waals surface area contributed by atoms with Crippen LogP contribution < -0.4 is 10.6 Å². The first-order valence-electron chi connectivity index (χ1n) is 6.11. The zero-order valence-electron chi connectivity index (χ0n) is 11.6. The summed E-state index contributed by atoms with van der Waals surface area (Å²) >= 11 is 1.57. The monoisotopic (exact) mass is 341 g/mol. The second-order valence-corrected chi connectivity index (χ2v) is 5.46. The number of hydrogen-bond acceptors (Lipinski definition) is 5. The van der Waals surface area contributed by atoms with Gasteiger partial charge in [-0.25, -0.2) is 4.98 Å². The fraction of sp³-hybridized carbons (Fsp3) is 0.667. The van der Waals surface area contributed by atoms with Gasteiger partial charge in [-0.15, -0.1) is 36.2 Å². The predicted octanol–water partition coefficient (Wildman–Crippen LogP) is 1.68. The maximum absolute atomic E-state index is 12.2. The van der Waals surface area contributed by atoms with Gasteiger partial charge in [-0.1, -0.05) is 0 Å². The van der Waals surface area contributed by atoms with Crippen molar-refractivity contribution in [1.29, 1.82) is 0 Å². The summed E-state index contributed by atoms with van der Waals surface area (Å²) in [7, 11) is 1.61. The molecule has 0 bridgehead atoms. The number of methoxy groups -OCH3 is 1. The average Bonchev–Trinajstić information content (AvgIpc) is 2.82. The van der Waals surface area contributed by atoms with Crippen molar-refractivity contribution in [2.24, 2.45) is 0 Å². The summed E-state index contributed by atoms with van der Waals surface area (Å²) in [4.78, 5) is 16.6. The molecular formula is C12H21Cl2N3O2S. The molecule has 0 saturated carbocycles. The van der Waals surface area contributed by atoms with Crippen LogP contribution in [-0.2, 0) is 16.1 Å². The molecule has 1 aliphatic heterocycles. The van der Waals surface area contributed by atoms with Gasteiger partial charge in [0.1, 0.15) is 10.6 Å². The van der Waals surface area contributed by atoms with Crippen LogP contribution >= 0.6 is 36.2 Å². The van der Waals surface area contributed by atoms with Crippen LogP contribution in [0.5, 0.6) is 0 Å². The quantitative estimate of drug-likeness (QED) is 0.874. The van der Waals surface area contributed by atoms with Gasteiger partial charge in [-0.3, -0.25) is 4.79 Å². The van der Waals surface area contributed by atoms with Gasteiger partial charge >= 0.3 is 0 Å². The Morgan fingerprint density at radius 2 is 2.15 bits per heavy atom. The van der Waals surface area contributed by atoms with Gasteiger partial charge < -0.3 is 15.4 Å². The lowest BCUT2D eigenvalue weighted by atomic mass is 9.91. The number of carbonyl (C=O) groups is 1. The highest BCUT2D eigenvalue weighted by molar-refractivity contribution is 7.09. The molecule has 20 heavy (non-hydrogen) atoms. The Balaban J connectivity index is 0.00000180. The third-order valence-corrected chi connectivity index (χ3v) is 4.25. The highest BCUT2D eigenvalue weighted by Crippen LogP contribution is 2.22. The number of aromatic nitrogens is 1. The molecule has 2 rings (SSSR count). The summed E-state index contributed by atoms with van der Waals surface area (Å²) in [6.45, 7) is 4.07.